The van der Waals surface area contributed by atoms with Gasteiger partial charge in [-0.1, -0.05) is 0 Å². The van der Waals surface area contributed by atoms with Crippen LogP contribution in [0.1, 0.15) is 27.4 Å². The first-order valence-electron chi connectivity index (χ1n) is 12.2. The molecule has 0 radical (unpaired) electrons. The van der Waals surface area contributed by atoms with Crippen molar-refractivity contribution in [3.8, 4) is 11.3 Å². The summed E-state index contributed by atoms with van der Waals surface area (Å²) in [7, 11) is 0. The van der Waals surface area contributed by atoms with E-state index in [9.17, 15) is 23.2 Å². The molecule has 1 atom stereocenters. The zero-order chi connectivity index (χ0) is 28.4. The first-order chi connectivity index (χ1) is 19.1. The second kappa shape index (κ2) is 11.2. The van der Waals surface area contributed by atoms with Crippen LogP contribution in [0.15, 0.2) is 46.2 Å². The molecule has 3 aromatic rings. The SMILES string of the molecule is N=C(N)c1csc(CNC(=O)C2CC3(CN2C(=O)CNC(=O)c2ccc(-c4ccc(F)cc4F)o2)OCCO3)c1. The third-order valence-electron chi connectivity index (χ3n) is 6.56. The van der Waals surface area contributed by atoms with Crippen molar-refractivity contribution in [2.45, 2.75) is 24.8 Å². The molecule has 0 aliphatic carbocycles. The monoisotopic (exact) mass is 573 g/mol. The number of hydrogen-bond donors (Lipinski definition) is 4. The summed E-state index contributed by atoms with van der Waals surface area (Å²) in [5.41, 5.74) is 6.03. The Hall–Kier alpha value is -4.14. The number of furan rings is 1. The third kappa shape index (κ3) is 5.73. The molecule has 2 aromatic heterocycles. The number of benzene rings is 1. The molecule has 2 aliphatic rings. The number of likely N-dealkylation sites (tertiary alicyclic amines) is 1. The normalized spacial score (nSPS) is 17.8. The molecular formula is C26H25F2N5O6S. The molecule has 5 N–H and O–H groups in total. The number of hydrogen-bond acceptors (Lipinski definition) is 8. The molecule has 5 rings (SSSR count). The number of rotatable bonds is 8. The molecule has 3 amide bonds. The molecular weight excluding hydrogens is 548 g/mol. The zero-order valence-electron chi connectivity index (χ0n) is 21.0. The molecule has 210 valence electrons. The van der Waals surface area contributed by atoms with Crippen molar-refractivity contribution < 1.29 is 37.1 Å². The van der Waals surface area contributed by atoms with Crippen LogP contribution in [0.5, 0.6) is 0 Å². The fourth-order valence-electron chi connectivity index (χ4n) is 4.59. The fraction of sp³-hybridized carbons (Fsp3) is 0.308. The summed E-state index contributed by atoms with van der Waals surface area (Å²) in [6.45, 7) is 0.377. The van der Waals surface area contributed by atoms with Crippen LogP contribution in [0, 0.1) is 17.0 Å². The summed E-state index contributed by atoms with van der Waals surface area (Å²) in [6.07, 6.45) is 0.117. The minimum atomic E-state index is -1.11. The van der Waals surface area contributed by atoms with E-state index in [2.05, 4.69) is 10.6 Å². The molecule has 0 bridgehead atoms. The lowest BCUT2D eigenvalue weighted by Crippen LogP contribution is -2.49. The van der Waals surface area contributed by atoms with Gasteiger partial charge in [-0.25, -0.2) is 8.78 Å². The smallest absolute Gasteiger partial charge is 0.287 e. The molecule has 11 nitrogen and oxygen atoms in total. The Morgan fingerprint density at radius 2 is 1.90 bits per heavy atom. The lowest BCUT2D eigenvalue weighted by atomic mass is 10.1. The van der Waals surface area contributed by atoms with Crippen molar-refractivity contribution in [1.29, 1.82) is 5.41 Å². The standard InChI is InChI=1S/C26H25F2N5O6S/c27-15-1-2-17(18(28)8-15)20-3-4-21(39-20)25(36)32-11-22(34)33-13-26(37-5-6-38-26)9-19(33)24(35)31-10-16-7-14(12-40-16)23(29)30/h1-4,7-8,12,19H,5-6,9-11,13H2,(H3,29,30)(H,31,35)(H,32,36). The number of nitrogens with two attached hydrogens (primary N) is 1. The number of amides is 3. The Kier molecular flexibility index (Phi) is 7.65. The third-order valence-corrected chi connectivity index (χ3v) is 7.49. The number of nitrogen functional groups attached to an aromatic ring is 1. The lowest BCUT2D eigenvalue weighted by molar-refractivity contribution is -0.152. The summed E-state index contributed by atoms with van der Waals surface area (Å²) in [5.74, 6) is -4.65. The number of thiophene rings is 1. The van der Waals surface area contributed by atoms with Crippen LogP contribution < -0.4 is 16.4 Å². The van der Waals surface area contributed by atoms with Gasteiger partial charge in [-0.15, -0.1) is 11.3 Å². The average molecular weight is 574 g/mol. The van der Waals surface area contributed by atoms with Crippen LogP contribution in [0.25, 0.3) is 11.3 Å². The van der Waals surface area contributed by atoms with Crippen molar-refractivity contribution in [3.63, 3.8) is 0 Å². The van der Waals surface area contributed by atoms with E-state index in [0.717, 1.165) is 10.9 Å². The van der Waals surface area contributed by atoms with Crippen molar-refractivity contribution >= 4 is 34.9 Å². The van der Waals surface area contributed by atoms with Crippen LogP contribution >= 0.6 is 11.3 Å². The Bertz CT molecular complexity index is 1470. The molecule has 2 saturated heterocycles. The first kappa shape index (κ1) is 27.4. The van der Waals surface area contributed by atoms with Gasteiger partial charge in [0.05, 0.1) is 38.4 Å². The quantitative estimate of drug-likeness (QED) is 0.237. The number of nitrogens with one attached hydrogen (secondary N) is 3. The van der Waals surface area contributed by atoms with Crippen molar-refractivity contribution in [1.82, 2.24) is 15.5 Å². The molecule has 4 heterocycles. The van der Waals surface area contributed by atoms with Crippen molar-refractivity contribution in [2.24, 2.45) is 5.73 Å². The average Bonchev–Trinajstić information content (AvgIpc) is 3.73. The van der Waals surface area contributed by atoms with Gasteiger partial charge in [0, 0.05) is 28.3 Å². The summed E-state index contributed by atoms with van der Waals surface area (Å²) in [4.78, 5) is 41.0. The maximum atomic E-state index is 14.1. The van der Waals surface area contributed by atoms with Gasteiger partial charge in [0.15, 0.2) is 11.5 Å². The molecule has 14 heteroatoms. The number of ether oxygens (including phenoxy) is 2. The highest BCUT2D eigenvalue weighted by atomic mass is 32.1. The number of amidine groups is 1. The maximum absolute atomic E-state index is 14.1. The van der Waals surface area contributed by atoms with E-state index in [1.807, 2.05) is 0 Å². The number of halogens is 2. The Balaban J connectivity index is 1.22. The van der Waals surface area contributed by atoms with Gasteiger partial charge in [0.25, 0.3) is 5.91 Å². The van der Waals surface area contributed by atoms with E-state index < -0.39 is 47.7 Å². The minimum absolute atomic E-state index is 0.00200. The van der Waals surface area contributed by atoms with Crippen LogP contribution in [0.3, 0.4) is 0 Å². The summed E-state index contributed by atoms with van der Waals surface area (Å²) in [6, 6.07) is 6.42. The molecule has 1 aromatic carbocycles. The van der Waals surface area contributed by atoms with Crippen molar-refractivity contribution in [2.75, 3.05) is 26.3 Å². The summed E-state index contributed by atoms with van der Waals surface area (Å²) < 4.78 is 44.1. The lowest BCUT2D eigenvalue weighted by Gasteiger charge is -2.24. The van der Waals surface area contributed by atoms with Gasteiger partial charge < -0.3 is 35.2 Å². The Morgan fingerprint density at radius 1 is 1.12 bits per heavy atom. The summed E-state index contributed by atoms with van der Waals surface area (Å²) in [5, 5.41) is 14.5. The molecule has 40 heavy (non-hydrogen) atoms. The largest absolute Gasteiger partial charge is 0.451 e. The van der Waals surface area contributed by atoms with Crippen molar-refractivity contribution in [3.05, 3.63) is 69.6 Å². The van der Waals surface area contributed by atoms with E-state index in [1.165, 1.54) is 34.4 Å². The zero-order valence-corrected chi connectivity index (χ0v) is 21.8. The first-order valence-corrected chi connectivity index (χ1v) is 13.1. The van der Waals surface area contributed by atoms with Gasteiger partial charge in [0.1, 0.15) is 29.3 Å². The van der Waals surface area contributed by atoms with Gasteiger partial charge in [-0.05, 0) is 30.3 Å². The molecule has 1 spiro atoms. The fourth-order valence-corrected chi connectivity index (χ4v) is 5.41. The molecule has 1 unspecified atom stereocenters. The van der Waals surface area contributed by atoms with Gasteiger partial charge in [-0.2, -0.15) is 0 Å². The summed E-state index contributed by atoms with van der Waals surface area (Å²) >= 11 is 1.34. The van der Waals surface area contributed by atoms with E-state index in [4.69, 9.17) is 25.0 Å². The number of nitrogens with zero attached hydrogens (tertiary/aromatic N) is 1. The van der Waals surface area contributed by atoms with Gasteiger partial charge >= 0.3 is 0 Å². The second-order valence-corrected chi connectivity index (χ2v) is 10.2. The van der Waals surface area contributed by atoms with Gasteiger partial charge in [0.2, 0.25) is 11.8 Å². The highest BCUT2D eigenvalue weighted by Gasteiger charge is 2.52. The highest BCUT2D eigenvalue weighted by molar-refractivity contribution is 7.10. The van der Waals surface area contributed by atoms with E-state index in [1.54, 1.807) is 11.4 Å². The number of carbonyl (C=O) groups is 3. The Morgan fingerprint density at radius 3 is 2.60 bits per heavy atom. The minimum Gasteiger partial charge on any atom is -0.451 e. The van der Waals surface area contributed by atoms with Crippen LogP contribution in [0.2, 0.25) is 0 Å². The van der Waals surface area contributed by atoms with E-state index >= 15 is 0 Å². The predicted molar refractivity (Wildman–Crippen MR) is 138 cm³/mol. The molecule has 2 aliphatic heterocycles. The predicted octanol–water partition coefficient (Wildman–Crippen LogP) is 1.96. The second-order valence-electron chi connectivity index (χ2n) is 9.25. The highest BCUT2D eigenvalue weighted by Crippen LogP contribution is 2.35. The topological polar surface area (TPSA) is 160 Å². The molecule has 2 fully saturated rings. The van der Waals surface area contributed by atoms with E-state index in [-0.39, 0.29) is 42.4 Å². The Labute approximate surface area is 230 Å². The maximum Gasteiger partial charge on any atom is 0.287 e. The van der Waals surface area contributed by atoms with Crippen LogP contribution in [0.4, 0.5) is 8.78 Å². The number of carbonyl (C=O) groups excluding carboxylic acids is 3. The van der Waals surface area contributed by atoms with Crippen LogP contribution in [-0.4, -0.2) is 66.6 Å². The molecule has 0 saturated carbocycles. The van der Waals surface area contributed by atoms with Gasteiger partial charge in [-0.3, -0.25) is 19.8 Å². The van der Waals surface area contributed by atoms with E-state index in [0.29, 0.717) is 24.8 Å². The van der Waals surface area contributed by atoms with Crippen LogP contribution in [-0.2, 0) is 25.6 Å².